The van der Waals surface area contributed by atoms with Crippen LogP contribution in [0.5, 0.6) is 0 Å². The van der Waals surface area contributed by atoms with E-state index in [0.717, 1.165) is 23.5 Å². The van der Waals surface area contributed by atoms with E-state index in [2.05, 4.69) is 9.68 Å². The predicted octanol–water partition coefficient (Wildman–Crippen LogP) is 4.35. The molecule has 1 saturated carbocycles. The molecule has 1 aromatic carbocycles. The molecule has 0 spiro atoms. The SMILES string of the molecule is CC1(c2ccc(F)cc2)CC1(C(=O)O)N(c1ccc(-c2cc(C(F)(F)F)on2)s1)S(=O)[O-]. The summed E-state index contributed by atoms with van der Waals surface area (Å²) in [5.41, 5.74) is -2.82. The van der Waals surface area contributed by atoms with Crippen LogP contribution in [0.15, 0.2) is 47.0 Å². The Morgan fingerprint density at radius 3 is 2.47 bits per heavy atom. The molecule has 2 heterocycles. The monoisotopic (exact) mass is 489 g/mol. The molecule has 1 aliphatic rings. The van der Waals surface area contributed by atoms with Crippen LogP contribution >= 0.6 is 11.3 Å². The van der Waals surface area contributed by atoms with Crippen molar-refractivity contribution in [2.24, 2.45) is 0 Å². The molecule has 3 atom stereocenters. The van der Waals surface area contributed by atoms with E-state index in [0.29, 0.717) is 15.9 Å². The average Bonchev–Trinajstić information content (AvgIpc) is 3.10. The molecule has 1 fully saturated rings. The molecule has 3 aromatic rings. The second-order valence-corrected chi connectivity index (χ2v) is 9.27. The van der Waals surface area contributed by atoms with Gasteiger partial charge in [0.1, 0.15) is 16.5 Å². The molecule has 3 unspecified atom stereocenters. The van der Waals surface area contributed by atoms with Crippen molar-refractivity contribution in [1.29, 1.82) is 0 Å². The van der Waals surface area contributed by atoms with Crippen LogP contribution in [0.25, 0.3) is 10.6 Å². The number of nitrogens with zero attached hydrogens (tertiary/aromatic N) is 2. The minimum absolute atomic E-state index is 0.0295. The fraction of sp³-hybridized carbons (Fsp3) is 0.263. The zero-order valence-electron chi connectivity index (χ0n) is 16.1. The second-order valence-electron chi connectivity index (χ2n) is 7.40. The van der Waals surface area contributed by atoms with Crippen LogP contribution in [0.3, 0.4) is 0 Å². The molecule has 1 aliphatic carbocycles. The van der Waals surface area contributed by atoms with Crippen molar-refractivity contribution in [2.75, 3.05) is 4.31 Å². The standard InChI is InChI=1S/C19H14F4N2O5S2/c1-17(10-2-4-11(20)5-3-10)9-18(17,16(26)27)25(32(28)29)15-7-6-13(31-15)12-8-14(30-24-12)19(21,22)23/h2-8H,9H2,1H3,(H,26,27)(H,28,29)/p-1. The van der Waals surface area contributed by atoms with Crippen LogP contribution in [0.4, 0.5) is 22.6 Å². The lowest BCUT2D eigenvalue weighted by Crippen LogP contribution is -2.49. The molecule has 4 rings (SSSR count). The van der Waals surface area contributed by atoms with Crippen molar-refractivity contribution >= 4 is 33.6 Å². The summed E-state index contributed by atoms with van der Waals surface area (Å²) in [4.78, 5) is 12.5. The fourth-order valence-corrected chi connectivity index (χ4v) is 5.85. The van der Waals surface area contributed by atoms with E-state index in [1.54, 1.807) is 6.92 Å². The molecule has 13 heteroatoms. The van der Waals surface area contributed by atoms with Crippen LogP contribution in [0, 0.1) is 5.82 Å². The molecule has 1 N–H and O–H groups in total. The van der Waals surface area contributed by atoms with E-state index in [1.165, 1.54) is 24.3 Å². The largest absolute Gasteiger partial charge is 0.755 e. The Morgan fingerprint density at radius 1 is 1.28 bits per heavy atom. The van der Waals surface area contributed by atoms with Gasteiger partial charge in [-0.15, -0.1) is 11.3 Å². The van der Waals surface area contributed by atoms with Gasteiger partial charge in [0.2, 0.25) is 5.76 Å². The van der Waals surface area contributed by atoms with Gasteiger partial charge < -0.3 is 14.2 Å². The van der Waals surface area contributed by atoms with E-state index in [9.17, 15) is 36.2 Å². The predicted molar refractivity (Wildman–Crippen MR) is 105 cm³/mol. The lowest BCUT2D eigenvalue weighted by Gasteiger charge is -2.34. The number of hydrogen-bond acceptors (Lipinski definition) is 6. The third kappa shape index (κ3) is 3.40. The molecule has 0 radical (unpaired) electrons. The number of halogens is 4. The van der Waals surface area contributed by atoms with Crippen molar-refractivity contribution < 1.29 is 40.7 Å². The lowest BCUT2D eigenvalue weighted by atomic mass is 9.92. The molecular formula is C19H13F4N2O5S2-. The smallest absolute Gasteiger partial charge is 0.452 e. The molecule has 0 bridgehead atoms. The topological polar surface area (TPSA) is 107 Å². The molecule has 170 valence electrons. The summed E-state index contributed by atoms with van der Waals surface area (Å²) in [5.74, 6) is -3.26. The van der Waals surface area contributed by atoms with Gasteiger partial charge >= 0.3 is 12.1 Å². The highest BCUT2D eigenvalue weighted by Crippen LogP contribution is 2.63. The van der Waals surface area contributed by atoms with E-state index in [1.807, 2.05) is 0 Å². The number of rotatable bonds is 6. The number of benzene rings is 1. The molecule has 0 saturated heterocycles. The first-order valence-corrected chi connectivity index (χ1v) is 10.8. The van der Waals surface area contributed by atoms with Crippen molar-refractivity contribution in [3.05, 3.63) is 59.6 Å². The van der Waals surface area contributed by atoms with Gasteiger partial charge in [-0.05, 0) is 36.2 Å². The van der Waals surface area contributed by atoms with Gasteiger partial charge in [-0.1, -0.05) is 24.2 Å². The Balaban J connectivity index is 1.74. The first-order valence-electron chi connectivity index (χ1n) is 8.93. The quantitative estimate of drug-likeness (QED) is 0.408. The number of carboxylic acid groups (broad SMARTS) is 1. The van der Waals surface area contributed by atoms with Gasteiger partial charge in [-0.25, -0.2) is 9.18 Å². The third-order valence-corrected chi connectivity index (χ3v) is 7.58. The van der Waals surface area contributed by atoms with Crippen LogP contribution in [0.2, 0.25) is 0 Å². The summed E-state index contributed by atoms with van der Waals surface area (Å²) in [6.07, 6.45) is -4.84. The van der Waals surface area contributed by atoms with Gasteiger partial charge in [0.05, 0.1) is 4.88 Å². The zero-order valence-corrected chi connectivity index (χ0v) is 17.7. The molecule has 7 nitrogen and oxygen atoms in total. The van der Waals surface area contributed by atoms with Crippen LogP contribution in [0.1, 0.15) is 24.7 Å². The number of anilines is 1. The minimum Gasteiger partial charge on any atom is -0.755 e. The summed E-state index contributed by atoms with van der Waals surface area (Å²) >= 11 is -2.29. The number of thiophene rings is 1. The highest BCUT2D eigenvalue weighted by atomic mass is 32.2. The second kappa shape index (κ2) is 7.39. The summed E-state index contributed by atoms with van der Waals surface area (Å²) in [7, 11) is 0. The van der Waals surface area contributed by atoms with Gasteiger partial charge in [0, 0.05) is 22.7 Å². The Morgan fingerprint density at radius 2 is 1.94 bits per heavy atom. The van der Waals surface area contributed by atoms with Gasteiger partial charge in [0.25, 0.3) is 0 Å². The Labute approximate surface area is 184 Å². The van der Waals surface area contributed by atoms with Crippen LogP contribution in [-0.4, -0.2) is 30.5 Å². The number of hydrogen-bond donors (Lipinski definition) is 1. The number of alkyl halides is 3. The number of carbonyl (C=O) groups is 1. The summed E-state index contributed by atoms with van der Waals surface area (Å²) < 4.78 is 81.0. The minimum atomic E-state index is -4.74. The number of carboxylic acids is 1. The van der Waals surface area contributed by atoms with Gasteiger partial charge in [-0.3, -0.25) is 8.51 Å². The summed E-state index contributed by atoms with van der Waals surface area (Å²) in [6.45, 7) is 1.55. The Bertz CT molecular complexity index is 1210. The maximum absolute atomic E-state index is 13.3. The maximum Gasteiger partial charge on any atom is 0.452 e. The van der Waals surface area contributed by atoms with Crippen LogP contribution in [-0.2, 0) is 27.7 Å². The van der Waals surface area contributed by atoms with E-state index < -0.39 is 45.9 Å². The van der Waals surface area contributed by atoms with Gasteiger partial charge in [0.15, 0.2) is 5.54 Å². The van der Waals surface area contributed by atoms with Crippen molar-refractivity contribution in [3.63, 3.8) is 0 Å². The number of aliphatic carboxylic acids is 1. The normalized spacial score (nSPS) is 23.7. The average molecular weight is 489 g/mol. The fourth-order valence-electron chi connectivity index (χ4n) is 3.81. The molecule has 0 aliphatic heterocycles. The maximum atomic E-state index is 13.3. The van der Waals surface area contributed by atoms with E-state index >= 15 is 0 Å². The first kappa shape index (κ1) is 22.4. The van der Waals surface area contributed by atoms with Crippen molar-refractivity contribution in [2.45, 2.75) is 30.5 Å². The first-order chi connectivity index (χ1) is 14.9. The Kier molecular flexibility index (Phi) is 5.18. The van der Waals surface area contributed by atoms with Gasteiger partial charge in [-0.2, -0.15) is 13.2 Å². The number of aromatic nitrogens is 1. The zero-order chi connectivity index (χ0) is 23.5. The molecule has 0 amide bonds. The highest BCUT2D eigenvalue weighted by molar-refractivity contribution is 7.81. The lowest BCUT2D eigenvalue weighted by molar-refractivity contribution is -0.155. The molecule has 32 heavy (non-hydrogen) atoms. The van der Waals surface area contributed by atoms with Crippen molar-refractivity contribution in [3.8, 4) is 10.6 Å². The third-order valence-electron chi connectivity index (χ3n) is 5.56. The summed E-state index contributed by atoms with van der Waals surface area (Å²) in [5, 5.41) is 13.3. The molecule has 2 aromatic heterocycles. The van der Waals surface area contributed by atoms with E-state index in [4.69, 9.17) is 0 Å². The summed E-state index contributed by atoms with van der Waals surface area (Å²) in [6, 6.07) is 8.35. The highest BCUT2D eigenvalue weighted by Gasteiger charge is 2.74. The molecular weight excluding hydrogens is 476 g/mol. The van der Waals surface area contributed by atoms with Crippen LogP contribution < -0.4 is 4.31 Å². The Hall–Kier alpha value is -2.77. The van der Waals surface area contributed by atoms with Crippen molar-refractivity contribution in [1.82, 2.24) is 5.16 Å². The van der Waals surface area contributed by atoms with E-state index in [-0.39, 0.29) is 22.0 Å².